The van der Waals surface area contributed by atoms with E-state index in [9.17, 15) is 0 Å². The van der Waals surface area contributed by atoms with Crippen molar-refractivity contribution < 1.29 is 0 Å². The molecule has 3 heteroatoms. The number of hydrogen-bond donors (Lipinski definition) is 1. The molecule has 1 N–H and O–H groups in total. The molecule has 110 valence electrons. The lowest BCUT2D eigenvalue weighted by Crippen LogP contribution is -2.43. The number of nitriles is 1. The van der Waals surface area contributed by atoms with E-state index in [0.717, 1.165) is 12.5 Å². The largest absolute Gasteiger partial charge is 0.317 e. The van der Waals surface area contributed by atoms with E-state index in [1.807, 2.05) is 13.8 Å². The third-order valence-electron chi connectivity index (χ3n) is 4.14. The van der Waals surface area contributed by atoms with Gasteiger partial charge in [-0.25, -0.2) is 0 Å². The van der Waals surface area contributed by atoms with Crippen molar-refractivity contribution in [3.63, 3.8) is 0 Å². The summed E-state index contributed by atoms with van der Waals surface area (Å²) in [7, 11) is 0. The molecule has 1 aliphatic heterocycles. The number of nitrogens with zero attached hydrogens (tertiary/aromatic N) is 2. The van der Waals surface area contributed by atoms with Crippen molar-refractivity contribution >= 4 is 0 Å². The highest BCUT2D eigenvalue weighted by molar-refractivity contribution is 4.91. The van der Waals surface area contributed by atoms with Crippen LogP contribution in [0.5, 0.6) is 0 Å². The standard InChI is InChI=1S/C16H31N3/c1-4-12-19(15-7-10-18-11-8-15)13-6-5-9-16(2,3)14-17/h15,18H,4-13H2,1-3H3. The molecule has 0 unspecified atom stereocenters. The van der Waals surface area contributed by atoms with Gasteiger partial charge in [0.05, 0.1) is 11.5 Å². The fourth-order valence-corrected chi connectivity index (χ4v) is 2.87. The molecule has 1 heterocycles. The van der Waals surface area contributed by atoms with Gasteiger partial charge in [-0.05, 0) is 72.1 Å². The molecule has 0 aromatic heterocycles. The van der Waals surface area contributed by atoms with E-state index in [2.05, 4.69) is 23.2 Å². The second-order valence-electron chi connectivity index (χ2n) is 6.47. The molecule has 0 atom stereocenters. The molecule has 0 aliphatic carbocycles. The maximum Gasteiger partial charge on any atom is 0.0683 e. The Morgan fingerprint density at radius 2 is 1.89 bits per heavy atom. The summed E-state index contributed by atoms with van der Waals surface area (Å²) in [6.07, 6.45) is 7.26. The molecule has 0 aromatic rings. The van der Waals surface area contributed by atoms with Crippen LogP contribution in [0.25, 0.3) is 0 Å². The van der Waals surface area contributed by atoms with Crippen LogP contribution in [0.3, 0.4) is 0 Å². The van der Waals surface area contributed by atoms with Gasteiger partial charge in [0.2, 0.25) is 0 Å². The van der Waals surface area contributed by atoms with Crippen molar-refractivity contribution in [1.82, 2.24) is 10.2 Å². The molecular formula is C16H31N3. The van der Waals surface area contributed by atoms with Crippen molar-refractivity contribution in [3.8, 4) is 6.07 Å². The number of nitrogens with one attached hydrogen (secondary N) is 1. The highest BCUT2D eigenvalue weighted by atomic mass is 15.2. The van der Waals surface area contributed by atoms with E-state index in [1.165, 1.54) is 58.3 Å². The maximum atomic E-state index is 9.02. The van der Waals surface area contributed by atoms with Gasteiger partial charge < -0.3 is 10.2 Å². The maximum absolute atomic E-state index is 9.02. The molecule has 1 fully saturated rings. The van der Waals surface area contributed by atoms with Crippen LogP contribution in [0, 0.1) is 16.7 Å². The van der Waals surface area contributed by atoms with E-state index in [4.69, 9.17) is 5.26 Å². The third-order valence-corrected chi connectivity index (χ3v) is 4.14. The zero-order chi connectivity index (χ0) is 14.1. The molecule has 0 bridgehead atoms. The monoisotopic (exact) mass is 265 g/mol. The number of rotatable bonds is 8. The lowest BCUT2D eigenvalue weighted by atomic mass is 9.89. The van der Waals surface area contributed by atoms with E-state index in [1.54, 1.807) is 0 Å². The first kappa shape index (κ1) is 16.5. The van der Waals surface area contributed by atoms with Crippen molar-refractivity contribution in [2.24, 2.45) is 5.41 Å². The number of hydrogen-bond acceptors (Lipinski definition) is 3. The van der Waals surface area contributed by atoms with Gasteiger partial charge in [0.25, 0.3) is 0 Å². The molecule has 1 saturated heterocycles. The van der Waals surface area contributed by atoms with Crippen LogP contribution >= 0.6 is 0 Å². The Hall–Kier alpha value is -0.590. The van der Waals surface area contributed by atoms with Crippen LogP contribution in [-0.2, 0) is 0 Å². The van der Waals surface area contributed by atoms with Crippen LogP contribution in [0.4, 0.5) is 0 Å². The molecule has 1 aliphatic rings. The van der Waals surface area contributed by atoms with Gasteiger partial charge in [-0.1, -0.05) is 13.3 Å². The minimum absolute atomic E-state index is 0.148. The zero-order valence-electron chi connectivity index (χ0n) is 13.0. The molecule has 19 heavy (non-hydrogen) atoms. The van der Waals surface area contributed by atoms with Gasteiger partial charge in [0.1, 0.15) is 0 Å². The SMILES string of the molecule is CCCN(CCCCC(C)(C)C#N)C1CCNCC1. The molecule has 0 aromatic carbocycles. The van der Waals surface area contributed by atoms with Crippen molar-refractivity contribution in [3.05, 3.63) is 0 Å². The van der Waals surface area contributed by atoms with Gasteiger partial charge in [0, 0.05) is 6.04 Å². The quantitative estimate of drug-likeness (QED) is 0.685. The summed E-state index contributed by atoms with van der Waals surface area (Å²) >= 11 is 0. The zero-order valence-corrected chi connectivity index (χ0v) is 13.0. The number of unbranched alkanes of at least 4 members (excludes halogenated alkanes) is 1. The van der Waals surface area contributed by atoms with E-state index >= 15 is 0 Å². The van der Waals surface area contributed by atoms with Gasteiger partial charge in [-0.15, -0.1) is 0 Å². The Kier molecular flexibility index (Phi) is 7.41. The lowest BCUT2D eigenvalue weighted by molar-refractivity contribution is 0.157. The second kappa shape index (κ2) is 8.55. The van der Waals surface area contributed by atoms with Crippen LogP contribution < -0.4 is 5.32 Å². The van der Waals surface area contributed by atoms with Crippen molar-refractivity contribution in [1.29, 1.82) is 5.26 Å². The van der Waals surface area contributed by atoms with E-state index in [0.29, 0.717) is 0 Å². The minimum Gasteiger partial charge on any atom is -0.317 e. The highest BCUT2D eigenvalue weighted by Gasteiger charge is 2.20. The Labute approximate surface area is 119 Å². The van der Waals surface area contributed by atoms with Crippen LogP contribution in [-0.4, -0.2) is 37.1 Å². The van der Waals surface area contributed by atoms with Gasteiger partial charge >= 0.3 is 0 Å². The first-order valence-electron chi connectivity index (χ1n) is 7.95. The summed E-state index contributed by atoms with van der Waals surface area (Å²) in [5, 5.41) is 12.5. The van der Waals surface area contributed by atoms with E-state index < -0.39 is 0 Å². The lowest BCUT2D eigenvalue weighted by Gasteiger charge is -2.34. The Morgan fingerprint density at radius 1 is 1.21 bits per heavy atom. The van der Waals surface area contributed by atoms with Gasteiger partial charge in [-0.3, -0.25) is 0 Å². The smallest absolute Gasteiger partial charge is 0.0683 e. The second-order valence-corrected chi connectivity index (χ2v) is 6.47. The third kappa shape index (κ3) is 6.40. The molecular weight excluding hydrogens is 234 g/mol. The molecule has 0 amide bonds. The Balaban J connectivity index is 2.27. The van der Waals surface area contributed by atoms with Crippen molar-refractivity contribution in [2.45, 2.75) is 65.3 Å². The normalized spacial score (nSPS) is 17.6. The summed E-state index contributed by atoms with van der Waals surface area (Å²) < 4.78 is 0. The summed E-state index contributed by atoms with van der Waals surface area (Å²) in [5.41, 5.74) is -0.148. The predicted octanol–water partition coefficient (Wildman–Crippen LogP) is 3.17. The Morgan fingerprint density at radius 3 is 2.47 bits per heavy atom. The summed E-state index contributed by atoms with van der Waals surface area (Å²) in [4.78, 5) is 2.68. The molecule has 0 saturated carbocycles. The number of piperidine rings is 1. The van der Waals surface area contributed by atoms with Crippen LogP contribution in [0.2, 0.25) is 0 Å². The predicted molar refractivity (Wildman–Crippen MR) is 81.0 cm³/mol. The summed E-state index contributed by atoms with van der Waals surface area (Å²) in [6.45, 7) is 11.1. The average Bonchev–Trinajstić information content (AvgIpc) is 2.43. The van der Waals surface area contributed by atoms with E-state index in [-0.39, 0.29) is 5.41 Å². The first-order chi connectivity index (χ1) is 9.09. The van der Waals surface area contributed by atoms with Gasteiger partial charge in [0.15, 0.2) is 0 Å². The van der Waals surface area contributed by atoms with Crippen LogP contribution in [0.1, 0.15) is 59.3 Å². The Bertz CT molecular complexity index is 274. The minimum atomic E-state index is -0.148. The summed E-state index contributed by atoms with van der Waals surface area (Å²) in [6, 6.07) is 3.18. The van der Waals surface area contributed by atoms with Crippen LogP contribution in [0.15, 0.2) is 0 Å². The summed E-state index contributed by atoms with van der Waals surface area (Å²) in [5.74, 6) is 0. The molecule has 1 rings (SSSR count). The van der Waals surface area contributed by atoms with Gasteiger partial charge in [-0.2, -0.15) is 5.26 Å². The average molecular weight is 265 g/mol. The molecule has 0 radical (unpaired) electrons. The topological polar surface area (TPSA) is 39.1 Å². The molecule has 3 nitrogen and oxygen atoms in total. The fourth-order valence-electron chi connectivity index (χ4n) is 2.87. The highest BCUT2D eigenvalue weighted by Crippen LogP contribution is 2.22. The first-order valence-corrected chi connectivity index (χ1v) is 7.95. The van der Waals surface area contributed by atoms with Crippen molar-refractivity contribution in [2.75, 3.05) is 26.2 Å². The fraction of sp³-hybridized carbons (Fsp3) is 0.938. The molecule has 0 spiro atoms.